The summed E-state index contributed by atoms with van der Waals surface area (Å²) in [5.74, 6) is -1.27. The summed E-state index contributed by atoms with van der Waals surface area (Å²) >= 11 is 11.5. The highest BCUT2D eigenvalue weighted by Crippen LogP contribution is 2.28. The normalized spacial score (nSPS) is 15.3. The first kappa shape index (κ1) is 25.2. The number of aromatic nitrogens is 2. The van der Waals surface area contributed by atoms with Gasteiger partial charge in [-0.3, -0.25) is 14.4 Å². The quantitative estimate of drug-likeness (QED) is 0.581. The van der Waals surface area contributed by atoms with Crippen LogP contribution in [0.2, 0.25) is 10.0 Å². The van der Waals surface area contributed by atoms with Gasteiger partial charge in [0.05, 0.1) is 29.1 Å². The number of benzene rings is 1. The van der Waals surface area contributed by atoms with Crippen LogP contribution < -0.4 is 10.9 Å². The van der Waals surface area contributed by atoms with E-state index in [9.17, 15) is 22.8 Å². The minimum Gasteiger partial charge on any atom is -0.469 e. The summed E-state index contributed by atoms with van der Waals surface area (Å²) in [6.45, 7) is 1.58. The Morgan fingerprint density at radius 1 is 1.24 bits per heavy atom. The number of amides is 1. The molecule has 0 saturated carbocycles. The van der Waals surface area contributed by atoms with E-state index in [2.05, 4.69) is 10.4 Å². The van der Waals surface area contributed by atoms with Crippen LogP contribution in [0.5, 0.6) is 0 Å². The summed E-state index contributed by atoms with van der Waals surface area (Å²) in [6.07, 6.45) is 1.89. The molecule has 2 aromatic rings. The third-order valence-corrected chi connectivity index (χ3v) is 8.10. The summed E-state index contributed by atoms with van der Waals surface area (Å²) in [5.41, 5.74) is 0.0223. The zero-order valence-corrected chi connectivity index (χ0v) is 20.2. The Bertz CT molecular complexity index is 1240. The lowest BCUT2D eigenvalue weighted by Crippen LogP contribution is -2.40. The van der Waals surface area contributed by atoms with Crippen molar-refractivity contribution in [3.8, 4) is 0 Å². The van der Waals surface area contributed by atoms with Gasteiger partial charge in [0, 0.05) is 18.8 Å². The van der Waals surface area contributed by atoms with E-state index in [-0.39, 0.29) is 45.6 Å². The Balaban J connectivity index is 1.75. The van der Waals surface area contributed by atoms with Gasteiger partial charge in [-0.25, -0.2) is 13.1 Å². The lowest BCUT2D eigenvalue weighted by atomic mass is 9.99. The van der Waals surface area contributed by atoms with Gasteiger partial charge in [0.1, 0.15) is 11.6 Å². The molecular weight excluding hydrogens is 495 g/mol. The monoisotopic (exact) mass is 516 g/mol. The maximum atomic E-state index is 13.2. The van der Waals surface area contributed by atoms with Crippen molar-refractivity contribution in [1.82, 2.24) is 14.1 Å². The van der Waals surface area contributed by atoms with E-state index < -0.39 is 28.0 Å². The number of hydrogen-bond acceptors (Lipinski definition) is 7. The molecule has 13 heteroatoms. The van der Waals surface area contributed by atoms with Crippen molar-refractivity contribution in [2.45, 2.75) is 31.2 Å². The molecule has 1 fully saturated rings. The van der Waals surface area contributed by atoms with Gasteiger partial charge in [0.2, 0.25) is 15.9 Å². The van der Waals surface area contributed by atoms with Crippen molar-refractivity contribution in [3.05, 3.63) is 50.4 Å². The lowest BCUT2D eigenvalue weighted by Gasteiger charge is -2.30. The fourth-order valence-corrected chi connectivity index (χ4v) is 5.48. The molecule has 2 heterocycles. The highest BCUT2D eigenvalue weighted by atomic mass is 35.5. The number of halogens is 2. The van der Waals surface area contributed by atoms with Crippen LogP contribution in [-0.2, 0) is 30.9 Å². The predicted molar refractivity (Wildman–Crippen MR) is 122 cm³/mol. The summed E-state index contributed by atoms with van der Waals surface area (Å²) in [6, 6.07) is 4.49. The molecule has 1 aliphatic rings. The second-order valence-corrected chi connectivity index (χ2v) is 10.2. The SMILES string of the molecule is COC(=O)C1CCN(S(=O)(=O)c2cc(NC(=O)Cn3ncc(Cl)c(Cl)c3=O)ccc2C)CC1. The van der Waals surface area contributed by atoms with Gasteiger partial charge >= 0.3 is 5.97 Å². The average molecular weight is 517 g/mol. The van der Waals surface area contributed by atoms with Crippen LogP contribution in [-0.4, -0.2) is 54.6 Å². The van der Waals surface area contributed by atoms with E-state index in [1.54, 1.807) is 19.1 Å². The van der Waals surface area contributed by atoms with Crippen molar-refractivity contribution < 1.29 is 22.7 Å². The van der Waals surface area contributed by atoms with E-state index in [0.29, 0.717) is 18.4 Å². The minimum absolute atomic E-state index is 0.0256. The maximum absolute atomic E-state index is 13.2. The zero-order valence-electron chi connectivity index (χ0n) is 17.9. The minimum atomic E-state index is -3.85. The molecule has 178 valence electrons. The van der Waals surface area contributed by atoms with Gasteiger partial charge in [0.15, 0.2) is 0 Å². The van der Waals surface area contributed by atoms with Crippen LogP contribution in [0.25, 0.3) is 0 Å². The first-order chi connectivity index (χ1) is 15.5. The molecule has 0 radical (unpaired) electrons. The number of nitrogens with one attached hydrogen (secondary N) is 1. The number of anilines is 1. The molecule has 1 aliphatic heterocycles. The van der Waals surface area contributed by atoms with Crippen molar-refractivity contribution in [3.63, 3.8) is 0 Å². The number of carbonyl (C=O) groups is 2. The van der Waals surface area contributed by atoms with Gasteiger partial charge < -0.3 is 10.1 Å². The van der Waals surface area contributed by atoms with E-state index in [1.165, 1.54) is 17.5 Å². The first-order valence-corrected chi connectivity index (χ1v) is 12.1. The number of esters is 1. The van der Waals surface area contributed by atoms with E-state index in [1.807, 2.05) is 0 Å². The molecule has 3 rings (SSSR count). The molecule has 0 atom stereocenters. The topological polar surface area (TPSA) is 128 Å². The molecule has 10 nitrogen and oxygen atoms in total. The largest absolute Gasteiger partial charge is 0.469 e. The number of ether oxygens (including phenoxy) is 1. The number of nitrogens with zero attached hydrogens (tertiary/aromatic N) is 3. The summed E-state index contributed by atoms with van der Waals surface area (Å²) in [5, 5.41) is 6.06. The van der Waals surface area contributed by atoms with Crippen LogP contribution in [0.15, 0.2) is 34.1 Å². The Morgan fingerprint density at radius 3 is 2.55 bits per heavy atom. The highest BCUT2D eigenvalue weighted by molar-refractivity contribution is 7.89. The average Bonchev–Trinajstić information content (AvgIpc) is 2.80. The van der Waals surface area contributed by atoms with E-state index >= 15 is 0 Å². The molecule has 0 aliphatic carbocycles. The van der Waals surface area contributed by atoms with Gasteiger partial charge in [-0.2, -0.15) is 9.40 Å². The standard InChI is InChI=1S/C20H22Cl2N4O6S/c1-12-3-4-14(24-17(27)11-26-19(28)18(22)15(21)10-23-26)9-16(12)33(30,31)25-7-5-13(6-8-25)20(29)32-2/h3-4,9-10,13H,5-8,11H2,1-2H3,(H,24,27). The van der Waals surface area contributed by atoms with Crippen molar-refractivity contribution in [2.75, 3.05) is 25.5 Å². The van der Waals surface area contributed by atoms with Crippen molar-refractivity contribution >= 4 is 50.8 Å². The molecule has 1 N–H and O–H groups in total. The fourth-order valence-electron chi connectivity index (χ4n) is 3.49. The van der Waals surface area contributed by atoms with Crippen LogP contribution in [0.3, 0.4) is 0 Å². The van der Waals surface area contributed by atoms with Gasteiger partial charge in [-0.1, -0.05) is 29.3 Å². The van der Waals surface area contributed by atoms with Crippen molar-refractivity contribution in [2.24, 2.45) is 5.92 Å². The van der Waals surface area contributed by atoms with Gasteiger partial charge in [-0.05, 0) is 37.5 Å². The Hall–Kier alpha value is -2.47. The number of hydrogen-bond donors (Lipinski definition) is 1. The molecule has 1 saturated heterocycles. The molecular formula is C20H22Cl2N4O6S. The lowest BCUT2D eigenvalue weighted by molar-refractivity contribution is -0.146. The predicted octanol–water partition coefficient (Wildman–Crippen LogP) is 2.07. The Morgan fingerprint density at radius 2 is 1.91 bits per heavy atom. The van der Waals surface area contributed by atoms with Gasteiger partial charge in [0.25, 0.3) is 5.56 Å². The van der Waals surface area contributed by atoms with Gasteiger partial charge in [-0.15, -0.1) is 0 Å². The molecule has 0 spiro atoms. The molecule has 0 bridgehead atoms. The van der Waals surface area contributed by atoms with Crippen LogP contribution in [0, 0.1) is 12.8 Å². The highest BCUT2D eigenvalue weighted by Gasteiger charge is 2.33. The molecule has 33 heavy (non-hydrogen) atoms. The van der Waals surface area contributed by atoms with Crippen LogP contribution >= 0.6 is 23.2 Å². The second kappa shape index (κ2) is 10.2. The fraction of sp³-hybridized carbons (Fsp3) is 0.400. The maximum Gasteiger partial charge on any atom is 0.308 e. The Kier molecular flexibility index (Phi) is 7.78. The number of sulfonamides is 1. The number of methoxy groups -OCH3 is 1. The molecule has 1 aromatic heterocycles. The second-order valence-electron chi connectivity index (χ2n) is 7.50. The smallest absolute Gasteiger partial charge is 0.308 e. The third-order valence-electron chi connectivity index (χ3n) is 5.31. The molecule has 0 unspecified atom stereocenters. The van der Waals surface area contributed by atoms with Crippen molar-refractivity contribution in [1.29, 1.82) is 0 Å². The number of aryl methyl sites for hydroxylation is 1. The zero-order chi connectivity index (χ0) is 24.3. The number of piperidine rings is 1. The third kappa shape index (κ3) is 5.55. The molecule has 1 aromatic carbocycles. The van der Waals surface area contributed by atoms with E-state index in [0.717, 1.165) is 10.9 Å². The number of rotatable bonds is 6. The van der Waals surface area contributed by atoms with Crippen LogP contribution in [0.4, 0.5) is 5.69 Å². The molecule has 1 amide bonds. The summed E-state index contributed by atoms with van der Waals surface area (Å²) < 4.78 is 33.3. The van der Waals surface area contributed by atoms with E-state index in [4.69, 9.17) is 27.9 Å². The van der Waals surface area contributed by atoms with Crippen LogP contribution in [0.1, 0.15) is 18.4 Å². The Labute approximate surface area is 200 Å². The number of carbonyl (C=O) groups excluding carboxylic acids is 2. The first-order valence-electron chi connectivity index (χ1n) is 9.94. The summed E-state index contributed by atoms with van der Waals surface area (Å²) in [4.78, 5) is 36.2. The summed E-state index contributed by atoms with van der Waals surface area (Å²) in [7, 11) is -2.54.